The highest BCUT2D eigenvalue weighted by atomic mass is 16.5. The number of piperidine rings is 2. The van der Waals surface area contributed by atoms with E-state index in [0.717, 1.165) is 74.0 Å². The molecule has 1 aromatic heterocycles. The molecule has 0 saturated carbocycles. The van der Waals surface area contributed by atoms with Crippen molar-refractivity contribution in [2.45, 2.75) is 70.3 Å². The van der Waals surface area contributed by atoms with Gasteiger partial charge in [0, 0.05) is 42.7 Å². The maximum Gasteiger partial charge on any atom is 0.228 e. The average Bonchev–Trinajstić information content (AvgIpc) is 2.91. The zero-order valence-corrected chi connectivity index (χ0v) is 21.3. The summed E-state index contributed by atoms with van der Waals surface area (Å²) in [4.78, 5) is 27.7. The highest BCUT2D eigenvalue weighted by Gasteiger charge is 2.32. The first kappa shape index (κ1) is 24.2. The Balaban J connectivity index is 1.30. The minimum absolute atomic E-state index is 0.191. The van der Waals surface area contributed by atoms with E-state index in [1.165, 1.54) is 31.4 Å². The zero-order valence-electron chi connectivity index (χ0n) is 21.3. The summed E-state index contributed by atoms with van der Waals surface area (Å²) < 4.78 is 5.26. The summed E-state index contributed by atoms with van der Waals surface area (Å²) in [5, 5.41) is 3.49. The van der Waals surface area contributed by atoms with Gasteiger partial charge < -0.3 is 10.1 Å². The molecular formula is C28H39N5O2. The minimum Gasteiger partial charge on any atom is -0.497 e. The van der Waals surface area contributed by atoms with Gasteiger partial charge in [-0.3, -0.25) is 14.6 Å². The molecule has 3 aliphatic rings. The molecule has 2 fully saturated rings. The van der Waals surface area contributed by atoms with Crippen molar-refractivity contribution < 1.29 is 9.53 Å². The van der Waals surface area contributed by atoms with E-state index in [0.29, 0.717) is 24.9 Å². The first-order chi connectivity index (χ1) is 17.1. The Hall–Kier alpha value is -2.51. The fourth-order valence-corrected chi connectivity index (χ4v) is 5.97. The predicted octanol–water partition coefficient (Wildman–Crippen LogP) is 3.64. The van der Waals surface area contributed by atoms with Crippen molar-refractivity contribution in [3.05, 3.63) is 46.9 Å². The highest BCUT2D eigenvalue weighted by Crippen LogP contribution is 2.33. The number of nitrogens with one attached hydrogen (secondary N) is 1. The van der Waals surface area contributed by atoms with Crippen LogP contribution in [0.5, 0.6) is 5.75 Å². The van der Waals surface area contributed by atoms with Gasteiger partial charge in [0.05, 0.1) is 7.11 Å². The number of benzene rings is 1. The molecule has 0 bridgehead atoms. The third kappa shape index (κ3) is 5.51. The minimum atomic E-state index is 0.191. The smallest absolute Gasteiger partial charge is 0.228 e. The van der Waals surface area contributed by atoms with Crippen LogP contribution in [0.2, 0.25) is 0 Å². The summed E-state index contributed by atoms with van der Waals surface area (Å²) in [6.45, 7) is 7.25. The van der Waals surface area contributed by atoms with Gasteiger partial charge in [0.1, 0.15) is 17.4 Å². The van der Waals surface area contributed by atoms with E-state index in [4.69, 9.17) is 14.7 Å². The number of hydrogen-bond donors (Lipinski definition) is 1. The molecule has 4 heterocycles. The third-order valence-electron chi connectivity index (χ3n) is 8.00. The van der Waals surface area contributed by atoms with Crippen molar-refractivity contribution in [2.24, 2.45) is 0 Å². The molecule has 1 aromatic carbocycles. The Morgan fingerprint density at radius 2 is 1.89 bits per heavy atom. The molecule has 35 heavy (non-hydrogen) atoms. The molecule has 1 unspecified atom stereocenters. The fourth-order valence-electron chi connectivity index (χ4n) is 5.97. The van der Waals surface area contributed by atoms with E-state index in [1.54, 1.807) is 7.11 Å². The van der Waals surface area contributed by atoms with Crippen LogP contribution in [0.4, 0.5) is 5.82 Å². The lowest BCUT2D eigenvalue weighted by molar-refractivity contribution is -0.119. The van der Waals surface area contributed by atoms with E-state index in [9.17, 15) is 4.79 Å². The molecule has 1 atom stereocenters. The van der Waals surface area contributed by atoms with E-state index in [1.807, 2.05) is 17.0 Å². The lowest BCUT2D eigenvalue weighted by atomic mass is 9.93. The van der Waals surface area contributed by atoms with Crippen LogP contribution in [0.3, 0.4) is 0 Å². The molecule has 2 aromatic rings. The molecule has 3 aliphatic heterocycles. The first-order valence-electron chi connectivity index (χ1n) is 13.4. The summed E-state index contributed by atoms with van der Waals surface area (Å²) in [6, 6.07) is 8.88. The van der Waals surface area contributed by atoms with Crippen LogP contribution in [-0.2, 0) is 17.6 Å². The van der Waals surface area contributed by atoms with E-state index >= 15 is 0 Å². The van der Waals surface area contributed by atoms with Crippen LogP contribution < -0.4 is 15.0 Å². The van der Waals surface area contributed by atoms with Crippen molar-refractivity contribution in [3.8, 4) is 5.75 Å². The molecular weight excluding hydrogens is 438 g/mol. The van der Waals surface area contributed by atoms with Crippen LogP contribution in [-0.4, -0.2) is 66.7 Å². The first-order valence-corrected chi connectivity index (χ1v) is 13.4. The molecule has 2 saturated heterocycles. The van der Waals surface area contributed by atoms with Gasteiger partial charge in [-0.25, -0.2) is 9.97 Å². The maximum atomic E-state index is 13.0. The number of fused-ring (bicyclic) bond motifs is 1. The second-order valence-corrected chi connectivity index (χ2v) is 10.3. The number of rotatable bonds is 7. The summed E-state index contributed by atoms with van der Waals surface area (Å²) in [7, 11) is 1.69. The normalized spacial score (nSPS) is 21.7. The van der Waals surface area contributed by atoms with Gasteiger partial charge in [-0.15, -0.1) is 0 Å². The quantitative estimate of drug-likeness (QED) is 0.657. The van der Waals surface area contributed by atoms with Gasteiger partial charge >= 0.3 is 0 Å². The molecule has 7 nitrogen and oxygen atoms in total. The number of aromatic nitrogens is 2. The Morgan fingerprint density at radius 1 is 1.09 bits per heavy atom. The number of carbonyl (C=O) groups excluding carboxylic acids is 1. The van der Waals surface area contributed by atoms with Gasteiger partial charge in [-0.2, -0.15) is 0 Å². The van der Waals surface area contributed by atoms with Gasteiger partial charge in [0.15, 0.2) is 0 Å². The lowest BCUT2D eigenvalue weighted by Gasteiger charge is -2.40. The second kappa shape index (κ2) is 11.0. The fraction of sp³-hybridized carbons (Fsp3) is 0.607. The van der Waals surface area contributed by atoms with Gasteiger partial charge in [-0.1, -0.05) is 12.1 Å². The molecule has 1 amide bonds. The number of anilines is 1. The molecule has 188 valence electrons. The van der Waals surface area contributed by atoms with Crippen molar-refractivity contribution in [1.82, 2.24) is 20.2 Å². The van der Waals surface area contributed by atoms with E-state index in [2.05, 4.69) is 29.3 Å². The van der Waals surface area contributed by atoms with Crippen molar-refractivity contribution in [2.75, 3.05) is 44.7 Å². The Kier molecular flexibility index (Phi) is 7.63. The van der Waals surface area contributed by atoms with Gasteiger partial charge in [0.25, 0.3) is 0 Å². The van der Waals surface area contributed by atoms with E-state index in [-0.39, 0.29) is 5.91 Å². The standard InChI is InChI=1S/C28H39N5O2/c1-20-25-11-12-26(34)33(18-3-5-21-7-9-24(35-2)10-8-21)28(25)31-27(30-20)22-6-4-17-32(19-22)23-13-15-29-16-14-23/h7-10,22-23,29H,3-6,11-19H2,1-2H3. The number of ether oxygens (including phenoxy) is 1. The predicted molar refractivity (Wildman–Crippen MR) is 138 cm³/mol. The SMILES string of the molecule is COc1ccc(CCCN2C(=O)CCc3c(C)nc(C4CCCN(C5CCNCC5)C4)nc32)cc1. The number of aryl methyl sites for hydroxylation is 2. The van der Waals surface area contributed by atoms with Crippen LogP contribution in [0.15, 0.2) is 24.3 Å². The average molecular weight is 478 g/mol. The van der Waals surface area contributed by atoms with Gasteiger partial charge in [-0.05, 0) is 89.2 Å². The largest absolute Gasteiger partial charge is 0.497 e. The maximum absolute atomic E-state index is 13.0. The highest BCUT2D eigenvalue weighted by molar-refractivity contribution is 5.95. The lowest BCUT2D eigenvalue weighted by Crippen LogP contribution is -2.47. The number of hydrogen-bond acceptors (Lipinski definition) is 6. The molecule has 0 aliphatic carbocycles. The number of amides is 1. The summed E-state index contributed by atoms with van der Waals surface area (Å²) in [5.74, 6) is 3.22. The van der Waals surface area contributed by atoms with E-state index < -0.39 is 0 Å². The summed E-state index contributed by atoms with van der Waals surface area (Å²) in [6.07, 6.45) is 7.91. The van der Waals surface area contributed by atoms with Gasteiger partial charge in [0.2, 0.25) is 5.91 Å². The monoisotopic (exact) mass is 477 g/mol. The van der Waals surface area contributed by atoms with Crippen LogP contribution in [0.1, 0.15) is 67.1 Å². The Bertz CT molecular complexity index is 1020. The summed E-state index contributed by atoms with van der Waals surface area (Å²) >= 11 is 0. The molecule has 7 heteroatoms. The molecule has 5 rings (SSSR count). The number of likely N-dealkylation sites (tertiary alicyclic amines) is 1. The number of carbonyl (C=O) groups is 1. The summed E-state index contributed by atoms with van der Waals surface area (Å²) in [5.41, 5.74) is 3.47. The van der Waals surface area contributed by atoms with Crippen LogP contribution in [0.25, 0.3) is 0 Å². The Morgan fingerprint density at radius 3 is 2.66 bits per heavy atom. The second-order valence-electron chi connectivity index (χ2n) is 10.3. The third-order valence-corrected chi connectivity index (χ3v) is 8.00. The van der Waals surface area contributed by atoms with Crippen molar-refractivity contribution in [3.63, 3.8) is 0 Å². The van der Waals surface area contributed by atoms with Crippen LogP contribution in [0, 0.1) is 6.92 Å². The Labute approximate surface area is 209 Å². The number of nitrogens with zero attached hydrogens (tertiary/aromatic N) is 4. The molecule has 0 spiro atoms. The molecule has 1 N–H and O–H groups in total. The van der Waals surface area contributed by atoms with Crippen LogP contribution >= 0.6 is 0 Å². The van der Waals surface area contributed by atoms with Crippen molar-refractivity contribution >= 4 is 11.7 Å². The van der Waals surface area contributed by atoms with Crippen molar-refractivity contribution in [1.29, 1.82) is 0 Å². The zero-order chi connectivity index (χ0) is 24.2. The number of methoxy groups -OCH3 is 1. The topological polar surface area (TPSA) is 70.6 Å². The molecule has 0 radical (unpaired) electrons.